The van der Waals surface area contributed by atoms with E-state index in [0.717, 1.165) is 49.0 Å². The molecular weight excluding hydrogens is 396 g/mol. The largest absolute Gasteiger partial charge is 0.494 e. The molecule has 1 atom stereocenters. The summed E-state index contributed by atoms with van der Waals surface area (Å²) in [5, 5.41) is 0. The average Bonchev–Trinajstić information content (AvgIpc) is 2.83. The van der Waals surface area contributed by atoms with Gasteiger partial charge in [0.1, 0.15) is 5.75 Å². The number of hydrogen-bond donors (Lipinski definition) is 0. The molecule has 1 aromatic carbocycles. The molecular formula is C28H44N2O2. The molecule has 178 valence electrons. The van der Waals surface area contributed by atoms with E-state index < -0.39 is 0 Å². The summed E-state index contributed by atoms with van der Waals surface area (Å²) in [6, 6.07) is 8.03. The normalized spacial score (nSPS) is 12.0. The highest BCUT2D eigenvalue weighted by atomic mass is 16.5. The Bertz CT molecular complexity index is 700. The molecule has 2 aromatic rings. The van der Waals surface area contributed by atoms with Gasteiger partial charge < -0.3 is 9.47 Å². The second-order valence-electron chi connectivity index (χ2n) is 8.95. The first kappa shape index (κ1) is 26.2. The zero-order valence-electron chi connectivity index (χ0n) is 20.7. The van der Waals surface area contributed by atoms with E-state index in [2.05, 4.69) is 30.7 Å². The third kappa shape index (κ3) is 11.0. The van der Waals surface area contributed by atoms with Crippen molar-refractivity contribution in [1.82, 2.24) is 9.97 Å². The average molecular weight is 441 g/mol. The first-order valence-corrected chi connectivity index (χ1v) is 12.9. The maximum absolute atomic E-state index is 5.84. The van der Waals surface area contributed by atoms with Gasteiger partial charge in [-0.3, -0.25) is 0 Å². The van der Waals surface area contributed by atoms with E-state index in [9.17, 15) is 0 Å². The summed E-state index contributed by atoms with van der Waals surface area (Å²) < 4.78 is 11.6. The predicted octanol–water partition coefficient (Wildman–Crippen LogP) is 8.26. The second kappa shape index (κ2) is 16.5. The van der Waals surface area contributed by atoms with Crippen LogP contribution in [-0.2, 0) is 0 Å². The molecule has 0 radical (unpaired) electrons. The number of aromatic nitrogens is 2. The Hall–Kier alpha value is -2.10. The fraction of sp³-hybridized carbons (Fsp3) is 0.643. The van der Waals surface area contributed by atoms with Crippen molar-refractivity contribution in [1.29, 1.82) is 0 Å². The second-order valence-corrected chi connectivity index (χ2v) is 8.95. The SMILES string of the molecule is CCCCCCCOc1ccc(-c2ncc(OCCCCCCCC(C)CC)cn2)cc1. The predicted molar refractivity (Wildman–Crippen MR) is 134 cm³/mol. The van der Waals surface area contributed by atoms with Crippen molar-refractivity contribution >= 4 is 0 Å². The van der Waals surface area contributed by atoms with Crippen molar-refractivity contribution in [2.75, 3.05) is 13.2 Å². The summed E-state index contributed by atoms with van der Waals surface area (Å²) in [7, 11) is 0. The summed E-state index contributed by atoms with van der Waals surface area (Å²) in [6.07, 6.45) is 18.8. The van der Waals surface area contributed by atoms with Gasteiger partial charge in [-0.15, -0.1) is 0 Å². The van der Waals surface area contributed by atoms with Crippen molar-refractivity contribution in [2.45, 2.75) is 97.8 Å². The molecule has 0 spiro atoms. The number of nitrogens with zero attached hydrogens (tertiary/aromatic N) is 2. The van der Waals surface area contributed by atoms with Gasteiger partial charge in [0.2, 0.25) is 0 Å². The topological polar surface area (TPSA) is 44.2 Å². The van der Waals surface area contributed by atoms with Crippen LogP contribution in [0.25, 0.3) is 11.4 Å². The molecule has 0 saturated carbocycles. The molecule has 0 aliphatic rings. The Morgan fingerprint density at radius 2 is 1.25 bits per heavy atom. The van der Waals surface area contributed by atoms with Crippen molar-refractivity contribution in [3.63, 3.8) is 0 Å². The van der Waals surface area contributed by atoms with Gasteiger partial charge in [0, 0.05) is 5.56 Å². The summed E-state index contributed by atoms with van der Waals surface area (Å²) in [4.78, 5) is 8.94. The molecule has 1 unspecified atom stereocenters. The third-order valence-electron chi connectivity index (χ3n) is 6.06. The van der Waals surface area contributed by atoms with E-state index in [1.807, 2.05) is 24.3 Å². The van der Waals surface area contributed by atoms with Gasteiger partial charge >= 0.3 is 0 Å². The Morgan fingerprint density at radius 1 is 0.688 bits per heavy atom. The van der Waals surface area contributed by atoms with Crippen LogP contribution in [0.3, 0.4) is 0 Å². The Balaban J connectivity index is 1.61. The van der Waals surface area contributed by atoms with Crippen LogP contribution in [0.2, 0.25) is 0 Å². The Morgan fingerprint density at radius 3 is 1.88 bits per heavy atom. The maximum atomic E-state index is 5.84. The molecule has 0 fully saturated rings. The summed E-state index contributed by atoms with van der Waals surface area (Å²) in [5.41, 5.74) is 0.990. The molecule has 0 saturated heterocycles. The lowest BCUT2D eigenvalue weighted by Gasteiger charge is -2.09. The zero-order valence-corrected chi connectivity index (χ0v) is 20.7. The maximum Gasteiger partial charge on any atom is 0.159 e. The molecule has 0 N–H and O–H groups in total. The van der Waals surface area contributed by atoms with Gasteiger partial charge in [-0.25, -0.2) is 9.97 Å². The highest BCUT2D eigenvalue weighted by Gasteiger charge is 2.04. The van der Waals surface area contributed by atoms with Crippen LogP contribution in [0, 0.1) is 5.92 Å². The minimum absolute atomic E-state index is 0.713. The highest BCUT2D eigenvalue weighted by molar-refractivity contribution is 5.56. The Labute approximate surface area is 196 Å². The molecule has 4 nitrogen and oxygen atoms in total. The molecule has 1 aromatic heterocycles. The van der Waals surface area contributed by atoms with Crippen LogP contribution in [0.15, 0.2) is 36.7 Å². The van der Waals surface area contributed by atoms with Crippen LogP contribution >= 0.6 is 0 Å². The fourth-order valence-electron chi connectivity index (χ4n) is 3.66. The summed E-state index contributed by atoms with van der Waals surface area (Å²) in [6.45, 7) is 8.38. The zero-order chi connectivity index (χ0) is 22.9. The van der Waals surface area contributed by atoms with E-state index in [1.54, 1.807) is 12.4 Å². The van der Waals surface area contributed by atoms with Gasteiger partial charge in [0.05, 0.1) is 25.6 Å². The number of hydrogen-bond acceptors (Lipinski definition) is 4. The van der Waals surface area contributed by atoms with Crippen LogP contribution in [0.5, 0.6) is 11.5 Å². The fourth-order valence-corrected chi connectivity index (χ4v) is 3.66. The van der Waals surface area contributed by atoms with Crippen molar-refractivity contribution in [2.24, 2.45) is 5.92 Å². The van der Waals surface area contributed by atoms with Crippen molar-refractivity contribution in [3.05, 3.63) is 36.7 Å². The van der Waals surface area contributed by atoms with E-state index in [-0.39, 0.29) is 0 Å². The first-order valence-electron chi connectivity index (χ1n) is 12.9. The molecule has 32 heavy (non-hydrogen) atoms. The lowest BCUT2D eigenvalue weighted by atomic mass is 10.0. The smallest absolute Gasteiger partial charge is 0.159 e. The van der Waals surface area contributed by atoms with Gasteiger partial charge in [-0.1, -0.05) is 85.0 Å². The molecule has 4 heteroatoms. The van der Waals surface area contributed by atoms with Crippen LogP contribution in [-0.4, -0.2) is 23.2 Å². The minimum Gasteiger partial charge on any atom is -0.494 e. The first-order chi connectivity index (χ1) is 15.7. The molecule has 0 aliphatic carbocycles. The number of benzene rings is 1. The standard InChI is InChI=1S/C28H44N2O2/c1-4-6-7-10-13-20-31-26-18-16-25(17-19-26)28-29-22-27(23-30-28)32-21-14-11-8-9-12-15-24(3)5-2/h16-19,22-24H,4-15,20-21H2,1-3H3. The lowest BCUT2D eigenvalue weighted by Crippen LogP contribution is -1.99. The number of unbranched alkanes of at least 4 members (excludes halogenated alkanes) is 8. The van der Waals surface area contributed by atoms with Crippen LogP contribution in [0.4, 0.5) is 0 Å². The monoisotopic (exact) mass is 440 g/mol. The molecule has 0 aliphatic heterocycles. The van der Waals surface area contributed by atoms with E-state index in [0.29, 0.717) is 5.82 Å². The number of rotatable bonds is 18. The van der Waals surface area contributed by atoms with Crippen LogP contribution in [0.1, 0.15) is 97.8 Å². The summed E-state index contributed by atoms with van der Waals surface area (Å²) in [5.74, 6) is 3.24. The van der Waals surface area contributed by atoms with Gasteiger partial charge in [-0.05, 0) is 43.0 Å². The lowest BCUT2D eigenvalue weighted by molar-refractivity contribution is 0.301. The van der Waals surface area contributed by atoms with Gasteiger partial charge in [0.15, 0.2) is 11.6 Å². The molecule has 2 rings (SSSR count). The summed E-state index contributed by atoms with van der Waals surface area (Å²) >= 11 is 0. The number of ether oxygens (including phenoxy) is 2. The van der Waals surface area contributed by atoms with Gasteiger partial charge in [0.25, 0.3) is 0 Å². The van der Waals surface area contributed by atoms with Gasteiger partial charge in [-0.2, -0.15) is 0 Å². The van der Waals surface area contributed by atoms with Crippen molar-refractivity contribution in [3.8, 4) is 22.9 Å². The van der Waals surface area contributed by atoms with Crippen LogP contribution < -0.4 is 9.47 Å². The van der Waals surface area contributed by atoms with E-state index >= 15 is 0 Å². The minimum atomic E-state index is 0.713. The van der Waals surface area contributed by atoms with E-state index in [4.69, 9.17) is 9.47 Å². The molecule has 1 heterocycles. The quantitative estimate of drug-likeness (QED) is 0.219. The Kier molecular flexibility index (Phi) is 13.5. The van der Waals surface area contributed by atoms with Crippen molar-refractivity contribution < 1.29 is 9.47 Å². The molecule has 0 bridgehead atoms. The highest BCUT2D eigenvalue weighted by Crippen LogP contribution is 2.21. The third-order valence-corrected chi connectivity index (χ3v) is 6.06. The molecule has 0 amide bonds. The van der Waals surface area contributed by atoms with E-state index in [1.165, 1.54) is 64.2 Å².